The molecule has 0 radical (unpaired) electrons. The Kier molecular flexibility index (Phi) is 2.15. The molecule has 0 atom stereocenters. The van der Waals surface area contributed by atoms with Gasteiger partial charge in [-0.25, -0.2) is 4.68 Å². The van der Waals surface area contributed by atoms with E-state index in [0.29, 0.717) is 0 Å². The molecule has 1 aromatic rings. The highest BCUT2D eigenvalue weighted by atomic mass is 16.4. The zero-order valence-corrected chi connectivity index (χ0v) is 8.10. The van der Waals surface area contributed by atoms with Crippen LogP contribution in [0.5, 0.6) is 0 Å². The van der Waals surface area contributed by atoms with Gasteiger partial charge in [0, 0.05) is 19.2 Å². The van der Waals surface area contributed by atoms with Crippen LogP contribution in [-0.2, 0) is 11.3 Å². The van der Waals surface area contributed by atoms with Crippen LogP contribution in [0.15, 0.2) is 6.07 Å². The molecule has 0 bridgehead atoms. The quantitative estimate of drug-likeness (QED) is 0.746. The first kappa shape index (κ1) is 9.05. The highest BCUT2D eigenvalue weighted by Crippen LogP contribution is 2.20. The van der Waals surface area contributed by atoms with E-state index in [4.69, 9.17) is 5.11 Å². The molecule has 1 N–H and O–H groups in total. The van der Waals surface area contributed by atoms with Gasteiger partial charge in [-0.05, 0) is 13.3 Å². The number of rotatable bonds is 2. The summed E-state index contributed by atoms with van der Waals surface area (Å²) in [4.78, 5) is 12.5. The van der Waals surface area contributed by atoms with Crippen molar-refractivity contribution in [1.82, 2.24) is 9.78 Å². The molecule has 0 amide bonds. The third-order valence-electron chi connectivity index (χ3n) is 2.33. The van der Waals surface area contributed by atoms with E-state index < -0.39 is 5.97 Å². The maximum atomic E-state index is 10.6. The van der Waals surface area contributed by atoms with Gasteiger partial charge in [0.2, 0.25) is 0 Å². The number of aromatic nitrogens is 2. The molecule has 0 aliphatic carbocycles. The lowest BCUT2D eigenvalue weighted by Crippen LogP contribution is -2.36. The number of carbonyl (C=O) groups is 1. The molecular weight excluding hydrogens is 182 g/mol. The first-order chi connectivity index (χ1) is 6.66. The number of carboxylic acids is 1. The van der Waals surface area contributed by atoms with Gasteiger partial charge in [0.1, 0.15) is 12.4 Å². The molecule has 0 spiro atoms. The number of aliphatic carboxylic acids is 1. The van der Waals surface area contributed by atoms with Crippen LogP contribution in [0.25, 0.3) is 0 Å². The zero-order valence-electron chi connectivity index (χ0n) is 8.10. The highest BCUT2D eigenvalue weighted by molar-refractivity contribution is 5.73. The highest BCUT2D eigenvalue weighted by Gasteiger charge is 2.19. The minimum atomic E-state index is -0.794. The SMILES string of the molecule is Cc1cc2n(n1)CCCN2CC(=O)O. The fraction of sp³-hybridized carbons (Fsp3) is 0.556. The van der Waals surface area contributed by atoms with Crippen molar-refractivity contribution < 1.29 is 9.90 Å². The number of anilines is 1. The van der Waals surface area contributed by atoms with Crippen LogP contribution in [0.1, 0.15) is 12.1 Å². The normalized spacial score (nSPS) is 15.4. The van der Waals surface area contributed by atoms with Gasteiger partial charge in [-0.3, -0.25) is 4.79 Å². The van der Waals surface area contributed by atoms with Crippen LogP contribution < -0.4 is 4.90 Å². The van der Waals surface area contributed by atoms with Gasteiger partial charge in [-0.1, -0.05) is 0 Å². The molecule has 76 valence electrons. The summed E-state index contributed by atoms with van der Waals surface area (Å²) in [6, 6.07) is 1.93. The fourth-order valence-electron chi connectivity index (χ4n) is 1.80. The van der Waals surface area contributed by atoms with Crippen molar-refractivity contribution in [2.24, 2.45) is 0 Å². The summed E-state index contributed by atoms with van der Waals surface area (Å²) >= 11 is 0. The number of hydrogen-bond acceptors (Lipinski definition) is 3. The van der Waals surface area contributed by atoms with E-state index in [9.17, 15) is 4.79 Å². The molecule has 2 heterocycles. The third-order valence-corrected chi connectivity index (χ3v) is 2.33. The van der Waals surface area contributed by atoms with Crippen molar-refractivity contribution in [3.63, 3.8) is 0 Å². The van der Waals surface area contributed by atoms with E-state index in [2.05, 4.69) is 5.10 Å². The Labute approximate surface area is 81.9 Å². The Morgan fingerprint density at radius 2 is 2.43 bits per heavy atom. The fourth-order valence-corrected chi connectivity index (χ4v) is 1.80. The average Bonchev–Trinajstić information content (AvgIpc) is 2.45. The van der Waals surface area contributed by atoms with Crippen LogP contribution in [0.3, 0.4) is 0 Å². The van der Waals surface area contributed by atoms with Crippen molar-refractivity contribution in [3.8, 4) is 0 Å². The second-order valence-electron chi connectivity index (χ2n) is 3.54. The van der Waals surface area contributed by atoms with Gasteiger partial charge < -0.3 is 10.0 Å². The Morgan fingerprint density at radius 3 is 3.14 bits per heavy atom. The van der Waals surface area contributed by atoms with E-state index in [1.54, 1.807) is 0 Å². The van der Waals surface area contributed by atoms with Crippen molar-refractivity contribution in [1.29, 1.82) is 0 Å². The predicted octanol–water partition coefficient (Wildman–Crippen LogP) is 0.486. The minimum absolute atomic E-state index is 0.0606. The maximum Gasteiger partial charge on any atom is 0.323 e. The molecule has 5 nitrogen and oxygen atoms in total. The first-order valence-corrected chi connectivity index (χ1v) is 4.68. The van der Waals surface area contributed by atoms with Gasteiger partial charge in [0.05, 0.1) is 5.69 Å². The molecule has 1 aliphatic heterocycles. The second kappa shape index (κ2) is 3.32. The van der Waals surface area contributed by atoms with Crippen LogP contribution >= 0.6 is 0 Å². The molecule has 0 saturated carbocycles. The Morgan fingerprint density at radius 1 is 1.64 bits per heavy atom. The van der Waals surface area contributed by atoms with E-state index in [-0.39, 0.29) is 6.54 Å². The number of carboxylic acid groups (broad SMARTS) is 1. The average molecular weight is 195 g/mol. The van der Waals surface area contributed by atoms with E-state index in [1.165, 1.54) is 0 Å². The largest absolute Gasteiger partial charge is 0.480 e. The Hall–Kier alpha value is -1.52. The van der Waals surface area contributed by atoms with E-state index >= 15 is 0 Å². The summed E-state index contributed by atoms with van der Waals surface area (Å²) in [6.07, 6.45) is 0.960. The molecular formula is C9H13N3O2. The summed E-state index contributed by atoms with van der Waals surface area (Å²) in [5.41, 5.74) is 0.942. The topological polar surface area (TPSA) is 58.4 Å². The minimum Gasteiger partial charge on any atom is -0.480 e. The molecule has 14 heavy (non-hydrogen) atoms. The molecule has 1 aromatic heterocycles. The number of hydrogen-bond donors (Lipinski definition) is 1. The lowest BCUT2D eigenvalue weighted by atomic mass is 10.3. The lowest BCUT2D eigenvalue weighted by molar-refractivity contribution is -0.135. The van der Waals surface area contributed by atoms with Gasteiger partial charge in [-0.2, -0.15) is 5.10 Å². The zero-order chi connectivity index (χ0) is 10.1. The summed E-state index contributed by atoms with van der Waals surface area (Å²) in [6.45, 7) is 3.67. The van der Waals surface area contributed by atoms with E-state index in [0.717, 1.165) is 31.0 Å². The van der Waals surface area contributed by atoms with Gasteiger partial charge in [-0.15, -0.1) is 0 Å². The van der Waals surface area contributed by atoms with Crippen molar-refractivity contribution in [3.05, 3.63) is 11.8 Å². The van der Waals surface area contributed by atoms with Crippen LogP contribution in [-0.4, -0.2) is 33.9 Å². The Bertz CT molecular complexity index is 359. The molecule has 0 unspecified atom stereocenters. The molecule has 0 fully saturated rings. The van der Waals surface area contributed by atoms with Crippen LogP contribution in [0.2, 0.25) is 0 Å². The molecule has 0 aromatic carbocycles. The van der Waals surface area contributed by atoms with Gasteiger partial charge in [0.25, 0.3) is 0 Å². The summed E-state index contributed by atoms with van der Waals surface area (Å²) in [7, 11) is 0. The summed E-state index contributed by atoms with van der Waals surface area (Å²) in [5.74, 6) is 0.133. The van der Waals surface area contributed by atoms with Crippen LogP contribution in [0, 0.1) is 6.92 Å². The maximum absolute atomic E-state index is 10.6. The summed E-state index contributed by atoms with van der Waals surface area (Å²) < 4.78 is 1.88. The van der Waals surface area contributed by atoms with Gasteiger partial charge >= 0.3 is 5.97 Å². The standard InChI is InChI=1S/C9H13N3O2/c1-7-5-8-11(6-9(13)14)3-2-4-12(8)10-7/h5H,2-4,6H2,1H3,(H,13,14). The van der Waals surface area contributed by atoms with Crippen molar-refractivity contribution in [2.75, 3.05) is 18.0 Å². The first-order valence-electron chi connectivity index (χ1n) is 4.68. The predicted molar refractivity (Wildman–Crippen MR) is 51.4 cm³/mol. The monoisotopic (exact) mass is 195 g/mol. The van der Waals surface area contributed by atoms with Crippen molar-refractivity contribution in [2.45, 2.75) is 19.9 Å². The smallest absolute Gasteiger partial charge is 0.323 e. The van der Waals surface area contributed by atoms with E-state index in [1.807, 2.05) is 22.6 Å². The van der Waals surface area contributed by atoms with Crippen LogP contribution in [0.4, 0.5) is 5.82 Å². The molecule has 5 heteroatoms. The summed E-state index contributed by atoms with van der Waals surface area (Å²) in [5, 5.41) is 13.0. The Balaban J connectivity index is 2.25. The number of aryl methyl sites for hydroxylation is 2. The number of fused-ring (bicyclic) bond motifs is 1. The number of nitrogens with zero attached hydrogens (tertiary/aromatic N) is 3. The molecule has 1 aliphatic rings. The lowest BCUT2D eigenvalue weighted by Gasteiger charge is -2.27. The van der Waals surface area contributed by atoms with Crippen molar-refractivity contribution >= 4 is 11.8 Å². The second-order valence-corrected chi connectivity index (χ2v) is 3.54. The molecule has 0 saturated heterocycles. The molecule has 2 rings (SSSR count). The third kappa shape index (κ3) is 1.57. The van der Waals surface area contributed by atoms with Gasteiger partial charge in [0.15, 0.2) is 0 Å².